The molecule has 1 rings (SSSR count). The number of halogens is 1. The first-order chi connectivity index (χ1) is 6.55. The van der Waals surface area contributed by atoms with Crippen LogP contribution in [0.1, 0.15) is 6.92 Å². The topological polar surface area (TPSA) is 75.3 Å². The second kappa shape index (κ2) is 6.30. The predicted octanol–water partition coefficient (Wildman–Crippen LogP) is -0.821. The third-order valence-corrected chi connectivity index (χ3v) is 4.01. The molecule has 1 heterocycles. The lowest BCUT2D eigenvalue weighted by Gasteiger charge is -2.25. The molecule has 0 bridgehead atoms. The number of rotatable bonds is 5. The van der Waals surface area contributed by atoms with Crippen LogP contribution in [0.2, 0.25) is 0 Å². The van der Waals surface area contributed by atoms with Gasteiger partial charge in [0.05, 0.1) is 11.7 Å². The monoisotopic (exact) mass is 256 g/mol. The Kier molecular flexibility index (Phi) is 6.16. The molecule has 0 aromatic heterocycles. The molecule has 1 fully saturated rings. The van der Waals surface area contributed by atoms with Gasteiger partial charge in [0.2, 0.25) is 5.91 Å². The van der Waals surface area contributed by atoms with Crippen molar-refractivity contribution < 1.29 is 13.2 Å². The average Bonchev–Trinajstić information content (AvgIpc) is 2.01. The smallest absolute Gasteiger partial charge is 0.225 e. The lowest BCUT2D eigenvalue weighted by molar-refractivity contribution is -0.126. The van der Waals surface area contributed by atoms with E-state index in [0.29, 0.717) is 13.1 Å². The summed E-state index contributed by atoms with van der Waals surface area (Å²) in [5.74, 6) is 0.151. The average molecular weight is 257 g/mol. The molecule has 7 heteroatoms. The second-order valence-corrected chi connectivity index (χ2v) is 5.86. The number of carbonyl (C=O) groups is 1. The third-order valence-electron chi connectivity index (χ3n) is 2.30. The van der Waals surface area contributed by atoms with Gasteiger partial charge in [0.25, 0.3) is 0 Å². The standard InChI is InChI=1S/C8H16N2O3S.ClH/c1-2-14(12,13)4-3-10-8(11)7-5-9-6-7;/h7,9H,2-6H2,1H3,(H,10,11);1H. The van der Waals surface area contributed by atoms with Crippen molar-refractivity contribution in [2.75, 3.05) is 31.1 Å². The Labute approximate surface area is 96.3 Å². The number of sulfone groups is 1. The van der Waals surface area contributed by atoms with E-state index in [0.717, 1.165) is 0 Å². The van der Waals surface area contributed by atoms with Crippen LogP contribution in [0.3, 0.4) is 0 Å². The number of hydrogen-bond acceptors (Lipinski definition) is 4. The highest BCUT2D eigenvalue weighted by Crippen LogP contribution is 2.01. The van der Waals surface area contributed by atoms with Crippen LogP contribution in [0.15, 0.2) is 0 Å². The van der Waals surface area contributed by atoms with Crippen LogP contribution in [0, 0.1) is 5.92 Å². The van der Waals surface area contributed by atoms with Gasteiger partial charge in [-0.15, -0.1) is 12.4 Å². The number of amides is 1. The summed E-state index contributed by atoms with van der Waals surface area (Å²) in [7, 11) is -2.96. The van der Waals surface area contributed by atoms with Crippen LogP contribution in [-0.2, 0) is 14.6 Å². The molecule has 0 saturated carbocycles. The maximum absolute atomic E-state index is 11.3. The van der Waals surface area contributed by atoms with Crippen molar-refractivity contribution in [2.45, 2.75) is 6.92 Å². The van der Waals surface area contributed by atoms with E-state index in [-0.39, 0.29) is 42.3 Å². The summed E-state index contributed by atoms with van der Waals surface area (Å²) in [6, 6.07) is 0. The van der Waals surface area contributed by atoms with E-state index in [1.165, 1.54) is 0 Å². The molecular formula is C8H17ClN2O3S. The molecule has 1 amide bonds. The minimum Gasteiger partial charge on any atom is -0.355 e. The largest absolute Gasteiger partial charge is 0.355 e. The Morgan fingerprint density at radius 1 is 1.47 bits per heavy atom. The SMILES string of the molecule is CCS(=O)(=O)CCNC(=O)C1CNC1.Cl. The van der Waals surface area contributed by atoms with Gasteiger partial charge < -0.3 is 10.6 Å². The predicted molar refractivity (Wildman–Crippen MR) is 60.9 cm³/mol. The van der Waals surface area contributed by atoms with Crippen molar-refractivity contribution in [1.82, 2.24) is 10.6 Å². The van der Waals surface area contributed by atoms with Crippen molar-refractivity contribution in [3.05, 3.63) is 0 Å². The lowest BCUT2D eigenvalue weighted by Crippen LogP contribution is -2.51. The van der Waals surface area contributed by atoms with Crippen molar-refractivity contribution in [3.8, 4) is 0 Å². The Morgan fingerprint density at radius 3 is 2.47 bits per heavy atom. The van der Waals surface area contributed by atoms with Gasteiger partial charge >= 0.3 is 0 Å². The molecule has 0 aromatic rings. The molecule has 1 saturated heterocycles. The van der Waals surface area contributed by atoms with Crippen LogP contribution in [-0.4, -0.2) is 45.5 Å². The minimum absolute atomic E-state index is 0. The summed E-state index contributed by atoms with van der Waals surface area (Å²) in [6.45, 7) is 3.23. The van der Waals surface area contributed by atoms with E-state index in [1.54, 1.807) is 6.92 Å². The Balaban J connectivity index is 0.00000196. The highest BCUT2D eigenvalue weighted by Gasteiger charge is 2.24. The molecule has 1 aliphatic heterocycles. The molecule has 2 N–H and O–H groups in total. The van der Waals surface area contributed by atoms with Crippen molar-refractivity contribution in [3.63, 3.8) is 0 Å². The maximum atomic E-state index is 11.3. The maximum Gasteiger partial charge on any atom is 0.225 e. The van der Waals surface area contributed by atoms with Gasteiger partial charge in [-0.1, -0.05) is 6.92 Å². The highest BCUT2D eigenvalue weighted by molar-refractivity contribution is 7.91. The Bertz CT molecular complexity index is 301. The van der Waals surface area contributed by atoms with Crippen LogP contribution >= 0.6 is 12.4 Å². The first kappa shape index (κ1) is 14.7. The molecule has 0 radical (unpaired) electrons. The molecule has 0 spiro atoms. The van der Waals surface area contributed by atoms with Crippen LogP contribution in [0.5, 0.6) is 0 Å². The molecule has 0 atom stereocenters. The van der Waals surface area contributed by atoms with Gasteiger partial charge in [-0.05, 0) is 0 Å². The zero-order valence-electron chi connectivity index (χ0n) is 8.65. The number of hydrogen-bond donors (Lipinski definition) is 2. The Hall–Kier alpha value is -0.330. The molecule has 15 heavy (non-hydrogen) atoms. The lowest BCUT2D eigenvalue weighted by atomic mass is 10.0. The number of carbonyl (C=O) groups excluding carboxylic acids is 1. The number of nitrogens with one attached hydrogen (secondary N) is 2. The summed E-state index contributed by atoms with van der Waals surface area (Å²) in [5.41, 5.74) is 0. The van der Waals surface area contributed by atoms with E-state index >= 15 is 0 Å². The van der Waals surface area contributed by atoms with Gasteiger partial charge in [0.1, 0.15) is 0 Å². The van der Waals surface area contributed by atoms with Crippen molar-refractivity contribution >= 4 is 28.2 Å². The zero-order chi connectivity index (χ0) is 10.6. The molecule has 0 unspecified atom stereocenters. The minimum atomic E-state index is -2.96. The van der Waals surface area contributed by atoms with E-state index in [1.807, 2.05) is 0 Å². The molecule has 90 valence electrons. The molecule has 1 aliphatic rings. The molecule has 5 nitrogen and oxygen atoms in total. The second-order valence-electron chi connectivity index (χ2n) is 3.38. The molecule has 0 aliphatic carbocycles. The zero-order valence-corrected chi connectivity index (χ0v) is 10.3. The first-order valence-corrected chi connectivity index (χ1v) is 6.56. The first-order valence-electron chi connectivity index (χ1n) is 4.74. The quantitative estimate of drug-likeness (QED) is 0.674. The van der Waals surface area contributed by atoms with Gasteiger partial charge in [-0.2, -0.15) is 0 Å². The van der Waals surface area contributed by atoms with E-state index in [4.69, 9.17) is 0 Å². The molecule has 0 aromatic carbocycles. The van der Waals surface area contributed by atoms with Gasteiger partial charge in [-0.25, -0.2) is 8.42 Å². The van der Waals surface area contributed by atoms with E-state index in [2.05, 4.69) is 10.6 Å². The van der Waals surface area contributed by atoms with Gasteiger partial charge in [0.15, 0.2) is 9.84 Å². The fourth-order valence-corrected chi connectivity index (χ4v) is 1.79. The summed E-state index contributed by atoms with van der Waals surface area (Å²) in [4.78, 5) is 11.3. The Morgan fingerprint density at radius 2 is 2.07 bits per heavy atom. The fraction of sp³-hybridized carbons (Fsp3) is 0.875. The van der Waals surface area contributed by atoms with Crippen LogP contribution < -0.4 is 10.6 Å². The van der Waals surface area contributed by atoms with E-state index < -0.39 is 9.84 Å². The summed E-state index contributed by atoms with van der Waals surface area (Å²) < 4.78 is 22.1. The highest BCUT2D eigenvalue weighted by atomic mass is 35.5. The van der Waals surface area contributed by atoms with Crippen LogP contribution in [0.4, 0.5) is 0 Å². The normalized spacial score (nSPS) is 16.3. The molecular weight excluding hydrogens is 240 g/mol. The van der Waals surface area contributed by atoms with E-state index in [9.17, 15) is 13.2 Å². The van der Waals surface area contributed by atoms with Crippen LogP contribution in [0.25, 0.3) is 0 Å². The van der Waals surface area contributed by atoms with Crippen molar-refractivity contribution in [1.29, 1.82) is 0 Å². The van der Waals surface area contributed by atoms with Gasteiger partial charge in [0, 0.05) is 25.4 Å². The fourth-order valence-electron chi connectivity index (χ4n) is 1.09. The summed E-state index contributed by atoms with van der Waals surface area (Å²) in [6.07, 6.45) is 0. The van der Waals surface area contributed by atoms with Gasteiger partial charge in [-0.3, -0.25) is 4.79 Å². The summed E-state index contributed by atoms with van der Waals surface area (Å²) >= 11 is 0. The summed E-state index contributed by atoms with van der Waals surface area (Å²) in [5, 5.41) is 5.60. The third kappa shape index (κ3) is 4.81. The van der Waals surface area contributed by atoms with Crippen molar-refractivity contribution in [2.24, 2.45) is 5.92 Å².